The summed E-state index contributed by atoms with van der Waals surface area (Å²) in [5, 5.41) is 18.5. The SMILES string of the molecule is N#Cc1[c]c(Cc2c(Cl)ccc(F)c2Cl)ccc1O. The van der Waals surface area contributed by atoms with E-state index in [2.05, 4.69) is 6.07 Å². The number of benzene rings is 2. The van der Waals surface area contributed by atoms with Crippen molar-refractivity contribution in [3.8, 4) is 11.8 Å². The molecule has 0 amide bonds. The number of phenolic OH excluding ortho intramolecular Hbond substituents is 1. The van der Waals surface area contributed by atoms with Gasteiger partial charge in [0.2, 0.25) is 0 Å². The van der Waals surface area contributed by atoms with Crippen molar-refractivity contribution in [2.24, 2.45) is 0 Å². The molecule has 19 heavy (non-hydrogen) atoms. The molecule has 1 radical (unpaired) electrons. The van der Waals surface area contributed by atoms with Crippen LogP contribution in [0.3, 0.4) is 0 Å². The first-order chi connectivity index (χ1) is 9.02. The predicted molar refractivity (Wildman–Crippen MR) is 70.9 cm³/mol. The normalized spacial score (nSPS) is 10.2. The van der Waals surface area contributed by atoms with E-state index in [4.69, 9.17) is 28.5 Å². The molecule has 0 heterocycles. The average Bonchev–Trinajstić information content (AvgIpc) is 2.41. The Kier molecular flexibility index (Phi) is 3.94. The monoisotopic (exact) mass is 294 g/mol. The molecule has 1 N–H and O–H groups in total. The number of hydrogen-bond acceptors (Lipinski definition) is 2. The second kappa shape index (κ2) is 5.48. The van der Waals surface area contributed by atoms with Crippen molar-refractivity contribution < 1.29 is 9.50 Å². The van der Waals surface area contributed by atoms with E-state index in [0.29, 0.717) is 16.1 Å². The summed E-state index contributed by atoms with van der Waals surface area (Å²) in [6.07, 6.45) is 0.227. The Labute approximate surface area is 119 Å². The Morgan fingerprint density at radius 3 is 2.68 bits per heavy atom. The zero-order valence-electron chi connectivity index (χ0n) is 9.54. The second-order valence-corrected chi connectivity index (χ2v) is 4.64. The lowest BCUT2D eigenvalue weighted by Crippen LogP contribution is -1.94. The van der Waals surface area contributed by atoms with Crippen LogP contribution in [0.2, 0.25) is 10.0 Å². The first-order valence-corrected chi connectivity index (χ1v) is 6.05. The third-order valence-corrected chi connectivity index (χ3v) is 3.36. The number of nitriles is 1. The van der Waals surface area contributed by atoms with Crippen LogP contribution in [0.15, 0.2) is 24.3 Å². The van der Waals surface area contributed by atoms with Gasteiger partial charge in [-0.15, -0.1) is 0 Å². The van der Waals surface area contributed by atoms with E-state index in [9.17, 15) is 9.50 Å². The van der Waals surface area contributed by atoms with Crippen molar-refractivity contribution in [1.29, 1.82) is 5.26 Å². The molecule has 5 heteroatoms. The number of aromatic hydroxyl groups is 1. The molecule has 0 fully saturated rings. The number of halogens is 3. The summed E-state index contributed by atoms with van der Waals surface area (Å²) in [7, 11) is 0. The molecule has 0 atom stereocenters. The third kappa shape index (κ3) is 2.81. The van der Waals surface area contributed by atoms with Crippen molar-refractivity contribution in [2.45, 2.75) is 6.42 Å². The highest BCUT2D eigenvalue weighted by Gasteiger charge is 2.12. The van der Waals surface area contributed by atoms with E-state index in [0.717, 1.165) is 0 Å². The van der Waals surface area contributed by atoms with Crippen LogP contribution in [0.25, 0.3) is 0 Å². The van der Waals surface area contributed by atoms with Crippen LogP contribution in [0.1, 0.15) is 16.7 Å². The summed E-state index contributed by atoms with van der Waals surface area (Å²) in [6.45, 7) is 0. The van der Waals surface area contributed by atoms with E-state index >= 15 is 0 Å². The summed E-state index contributed by atoms with van der Waals surface area (Å²) < 4.78 is 13.4. The van der Waals surface area contributed by atoms with Gasteiger partial charge in [0, 0.05) is 17.5 Å². The molecular weight excluding hydrogens is 288 g/mol. The van der Waals surface area contributed by atoms with Crippen molar-refractivity contribution in [2.75, 3.05) is 0 Å². The average molecular weight is 295 g/mol. The minimum atomic E-state index is -0.555. The zero-order valence-corrected chi connectivity index (χ0v) is 11.1. The number of rotatable bonds is 2. The van der Waals surface area contributed by atoms with Crippen LogP contribution >= 0.6 is 23.2 Å². The quantitative estimate of drug-likeness (QED) is 0.848. The van der Waals surface area contributed by atoms with E-state index in [1.54, 1.807) is 6.07 Å². The second-order valence-electron chi connectivity index (χ2n) is 3.85. The van der Waals surface area contributed by atoms with Crippen LogP contribution < -0.4 is 0 Å². The first-order valence-electron chi connectivity index (χ1n) is 5.29. The lowest BCUT2D eigenvalue weighted by Gasteiger charge is -2.08. The molecule has 0 aliphatic rings. The number of hydrogen-bond donors (Lipinski definition) is 1. The van der Waals surface area contributed by atoms with E-state index in [-0.39, 0.29) is 22.8 Å². The van der Waals surface area contributed by atoms with Gasteiger partial charge in [0.25, 0.3) is 0 Å². The lowest BCUT2D eigenvalue weighted by molar-refractivity contribution is 0.473. The topological polar surface area (TPSA) is 44.0 Å². The molecule has 2 aromatic rings. The van der Waals surface area contributed by atoms with E-state index in [1.807, 2.05) is 6.07 Å². The largest absolute Gasteiger partial charge is 0.507 e. The van der Waals surface area contributed by atoms with Gasteiger partial charge in [-0.1, -0.05) is 29.3 Å². The van der Waals surface area contributed by atoms with Crippen LogP contribution in [-0.4, -0.2) is 5.11 Å². The van der Waals surface area contributed by atoms with Crippen LogP contribution in [-0.2, 0) is 6.42 Å². The molecule has 0 saturated carbocycles. The Bertz CT molecular complexity index is 680. The summed E-state index contributed by atoms with van der Waals surface area (Å²) in [5.74, 6) is -0.706. The van der Waals surface area contributed by atoms with Gasteiger partial charge in [-0.2, -0.15) is 5.26 Å². The molecule has 95 valence electrons. The molecule has 0 aromatic heterocycles. The maximum Gasteiger partial charge on any atom is 0.142 e. The van der Waals surface area contributed by atoms with Crippen molar-refractivity contribution in [3.05, 3.63) is 62.9 Å². The van der Waals surface area contributed by atoms with Crippen LogP contribution in [0.5, 0.6) is 5.75 Å². The zero-order chi connectivity index (χ0) is 14.0. The fraction of sp³-hybridized carbons (Fsp3) is 0.0714. The Hall–Kier alpha value is -1.76. The van der Waals surface area contributed by atoms with Gasteiger partial charge < -0.3 is 5.11 Å². The lowest BCUT2D eigenvalue weighted by atomic mass is 10.0. The molecule has 2 aromatic carbocycles. The molecule has 0 aliphatic carbocycles. The van der Waals surface area contributed by atoms with Gasteiger partial charge >= 0.3 is 0 Å². The van der Waals surface area contributed by atoms with Gasteiger partial charge in [-0.25, -0.2) is 4.39 Å². The Balaban J connectivity index is 2.42. The highest BCUT2D eigenvalue weighted by Crippen LogP contribution is 2.30. The maximum absolute atomic E-state index is 13.4. The summed E-state index contributed by atoms with van der Waals surface area (Å²) in [6, 6.07) is 10.1. The standard InChI is InChI=1S/C14H7Cl2FNO/c15-11-2-3-12(17)14(16)10(11)6-8-1-4-13(19)9(5-8)7-18/h1-4,19H,6H2. The van der Waals surface area contributed by atoms with Crippen molar-refractivity contribution in [3.63, 3.8) is 0 Å². The Morgan fingerprint density at radius 1 is 1.26 bits per heavy atom. The third-order valence-electron chi connectivity index (χ3n) is 2.60. The summed E-state index contributed by atoms with van der Waals surface area (Å²) in [4.78, 5) is 0. The van der Waals surface area contributed by atoms with E-state index in [1.165, 1.54) is 18.2 Å². The number of nitrogens with zero attached hydrogens (tertiary/aromatic N) is 1. The highest BCUT2D eigenvalue weighted by molar-refractivity contribution is 6.36. The summed E-state index contributed by atoms with van der Waals surface area (Å²) in [5.41, 5.74) is 1.04. The van der Waals surface area contributed by atoms with Gasteiger partial charge in [-0.3, -0.25) is 0 Å². The molecule has 2 nitrogen and oxygen atoms in total. The fourth-order valence-corrected chi connectivity index (χ4v) is 2.14. The van der Waals surface area contributed by atoms with Crippen molar-refractivity contribution in [1.82, 2.24) is 0 Å². The predicted octanol–water partition coefficient (Wildman–Crippen LogP) is 4.10. The van der Waals surface area contributed by atoms with Gasteiger partial charge in [0.05, 0.1) is 5.02 Å². The molecule has 2 rings (SSSR count). The minimum Gasteiger partial charge on any atom is -0.507 e. The number of phenols is 1. The van der Waals surface area contributed by atoms with Crippen LogP contribution in [0.4, 0.5) is 4.39 Å². The molecule has 0 bridgehead atoms. The molecule has 0 saturated heterocycles. The minimum absolute atomic E-state index is 0.0288. The summed E-state index contributed by atoms with van der Waals surface area (Å²) >= 11 is 11.8. The highest BCUT2D eigenvalue weighted by atomic mass is 35.5. The fourth-order valence-electron chi connectivity index (χ4n) is 1.64. The maximum atomic E-state index is 13.4. The Morgan fingerprint density at radius 2 is 2.00 bits per heavy atom. The first kappa shape index (κ1) is 13.7. The molecular formula is C14H7Cl2FNO. The molecule has 0 aliphatic heterocycles. The molecule has 0 spiro atoms. The molecule has 0 unspecified atom stereocenters. The smallest absolute Gasteiger partial charge is 0.142 e. The van der Waals surface area contributed by atoms with Gasteiger partial charge in [0.1, 0.15) is 23.2 Å². The van der Waals surface area contributed by atoms with Gasteiger partial charge in [-0.05, 0) is 29.3 Å². The van der Waals surface area contributed by atoms with E-state index < -0.39 is 5.82 Å². The van der Waals surface area contributed by atoms with Gasteiger partial charge in [0.15, 0.2) is 0 Å². The van der Waals surface area contributed by atoms with Crippen molar-refractivity contribution >= 4 is 23.2 Å². The van der Waals surface area contributed by atoms with Crippen LogP contribution in [0, 0.1) is 23.2 Å².